The number of carbonyl (C=O) groups is 1. The van der Waals surface area contributed by atoms with Crippen molar-refractivity contribution in [2.45, 2.75) is 49.2 Å². The molecule has 0 spiro atoms. The Hall–Kier alpha value is -2.39. The molecule has 1 aliphatic rings. The Labute approximate surface area is 213 Å². The molecule has 0 amide bonds. The molecule has 1 fully saturated rings. The molecular weight excluding hydrogens is 486 g/mol. The van der Waals surface area contributed by atoms with Crippen LogP contribution in [0, 0.1) is 0 Å². The van der Waals surface area contributed by atoms with Gasteiger partial charge < -0.3 is 9.64 Å². The lowest BCUT2D eigenvalue weighted by Crippen LogP contribution is -2.37. The predicted molar refractivity (Wildman–Crippen MR) is 140 cm³/mol. The van der Waals surface area contributed by atoms with Crippen LogP contribution >= 0.6 is 11.6 Å². The van der Waals surface area contributed by atoms with Crippen LogP contribution in [-0.2, 0) is 26.1 Å². The van der Waals surface area contributed by atoms with E-state index in [-0.39, 0.29) is 22.9 Å². The van der Waals surface area contributed by atoms with E-state index >= 15 is 0 Å². The standard InChI is InChI=1S/C26H34ClN3O4S/c1-29(2)23-13-9-20(10-14-23)18-30-19-22(17-24(30)7-5-4-6-8-26(31)34-3)28-35(32,33)25-15-11-21(27)12-16-25/h5,7,9-16,22,24,28H,4,6,8,17-19H2,1-3H3/b7-5-/t22-,24-/m1/s1. The number of nitrogens with one attached hydrogen (secondary N) is 1. The lowest BCUT2D eigenvalue weighted by Gasteiger charge is -2.22. The molecule has 0 bridgehead atoms. The average molecular weight is 520 g/mol. The second-order valence-corrected chi connectivity index (χ2v) is 11.1. The number of sulfonamides is 1. The first-order valence-electron chi connectivity index (χ1n) is 11.7. The fourth-order valence-corrected chi connectivity index (χ4v) is 5.52. The van der Waals surface area contributed by atoms with Crippen molar-refractivity contribution in [2.24, 2.45) is 0 Å². The number of likely N-dealkylation sites (tertiary alicyclic amines) is 1. The zero-order chi connectivity index (χ0) is 25.4. The molecule has 0 saturated carbocycles. The van der Waals surface area contributed by atoms with Gasteiger partial charge in [0.05, 0.1) is 12.0 Å². The molecule has 0 unspecified atom stereocenters. The second-order valence-electron chi connectivity index (χ2n) is 8.96. The summed E-state index contributed by atoms with van der Waals surface area (Å²) < 4.78 is 33.4. The Bertz CT molecular complexity index is 1100. The lowest BCUT2D eigenvalue weighted by atomic mass is 10.1. The molecule has 1 heterocycles. The van der Waals surface area contributed by atoms with E-state index in [0.29, 0.717) is 37.4 Å². The summed E-state index contributed by atoms with van der Waals surface area (Å²) in [4.78, 5) is 15.9. The average Bonchev–Trinajstić information content (AvgIpc) is 3.19. The van der Waals surface area contributed by atoms with Crippen LogP contribution in [-0.4, -0.2) is 59.1 Å². The van der Waals surface area contributed by atoms with Crippen molar-refractivity contribution in [2.75, 3.05) is 32.6 Å². The molecule has 3 rings (SSSR count). The molecule has 2 aromatic carbocycles. The molecule has 2 atom stereocenters. The van der Waals surface area contributed by atoms with E-state index in [9.17, 15) is 13.2 Å². The van der Waals surface area contributed by atoms with Crippen LogP contribution in [0.3, 0.4) is 0 Å². The number of hydrogen-bond acceptors (Lipinski definition) is 6. The molecule has 190 valence electrons. The van der Waals surface area contributed by atoms with Gasteiger partial charge in [-0.3, -0.25) is 9.69 Å². The summed E-state index contributed by atoms with van der Waals surface area (Å²) >= 11 is 5.91. The fourth-order valence-electron chi connectivity index (χ4n) is 4.16. The SMILES string of the molecule is COC(=O)CCC/C=C\[C@@H]1C[C@@H](NS(=O)(=O)c2ccc(Cl)cc2)CN1Cc1ccc(N(C)C)cc1. The number of hydrogen-bond donors (Lipinski definition) is 1. The minimum absolute atomic E-state index is 0.0829. The molecule has 2 aromatic rings. The van der Waals surface area contributed by atoms with Crippen molar-refractivity contribution in [1.29, 1.82) is 0 Å². The Morgan fingerprint density at radius 1 is 1.17 bits per heavy atom. The van der Waals surface area contributed by atoms with Gasteiger partial charge in [-0.25, -0.2) is 13.1 Å². The molecule has 9 heteroatoms. The van der Waals surface area contributed by atoms with E-state index in [4.69, 9.17) is 16.3 Å². The van der Waals surface area contributed by atoms with Gasteiger partial charge in [0, 0.05) is 56.4 Å². The smallest absolute Gasteiger partial charge is 0.305 e. The number of rotatable bonds is 11. The molecule has 1 aliphatic heterocycles. The van der Waals surface area contributed by atoms with E-state index in [1.54, 1.807) is 12.1 Å². The maximum atomic E-state index is 12.9. The first-order chi connectivity index (χ1) is 16.7. The Morgan fingerprint density at radius 3 is 2.49 bits per heavy atom. The van der Waals surface area contributed by atoms with Gasteiger partial charge in [0.25, 0.3) is 0 Å². The highest BCUT2D eigenvalue weighted by Gasteiger charge is 2.33. The number of ether oxygens (including phenoxy) is 1. The van der Waals surface area contributed by atoms with Crippen LogP contribution in [0.25, 0.3) is 0 Å². The van der Waals surface area contributed by atoms with Crippen molar-refractivity contribution < 1.29 is 17.9 Å². The molecule has 0 aromatic heterocycles. The number of esters is 1. The molecular formula is C26H34ClN3O4S. The van der Waals surface area contributed by atoms with Gasteiger partial charge in [-0.1, -0.05) is 35.9 Å². The molecule has 7 nitrogen and oxygen atoms in total. The number of nitrogens with zero attached hydrogens (tertiary/aromatic N) is 2. The largest absolute Gasteiger partial charge is 0.469 e. The summed E-state index contributed by atoms with van der Waals surface area (Å²) in [6.45, 7) is 1.31. The number of allylic oxidation sites excluding steroid dienone is 1. The summed E-state index contributed by atoms with van der Waals surface area (Å²) in [5.74, 6) is -0.210. The third-order valence-electron chi connectivity index (χ3n) is 6.07. The fraction of sp³-hybridized carbons (Fsp3) is 0.423. The van der Waals surface area contributed by atoms with Gasteiger partial charge in [0.2, 0.25) is 10.0 Å². The highest BCUT2D eigenvalue weighted by Crippen LogP contribution is 2.25. The van der Waals surface area contributed by atoms with Gasteiger partial charge in [-0.2, -0.15) is 0 Å². The summed E-state index contributed by atoms with van der Waals surface area (Å²) in [7, 11) is 1.76. The van der Waals surface area contributed by atoms with Crippen LogP contribution in [0.5, 0.6) is 0 Å². The number of unbranched alkanes of at least 4 members (excludes halogenated alkanes) is 1. The molecule has 0 radical (unpaired) electrons. The third-order valence-corrected chi connectivity index (χ3v) is 7.86. The Kier molecular flexibility index (Phi) is 9.74. The van der Waals surface area contributed by atoms with Crippen LogP contribution in [0.4, 0.5) is 5.69 Å². The molecule has 35 heavy (non-hydrogen) atoms. The second kappa shape index (κ2) is 12.5. The van der Waals surface area contributed by atoms with Crippen molar-refractivity contribution in [3.8, 4) is 0 Å². The van der Waals surface area contributed by atoms with Gasteiger partial charge in [-0.05, 0) is 61.2 Å². The summed E-state index contributed by atoms with van der Waals surface area (Å²) in [5, 5.41) is 0.494. The van der Waals surface area contributed by atoms with Crippen LogP contribution in [0.1, 0.15) is 31.2 Å². The maximum absolute atomic E-state index is 12.9. The van der Waals surface area contributed by atoms with Crippen LogP contribution < -0.4 is 9.62 Å². The lowest BCUT2D eigenvalue weighted by molar-refractivity contribution is -0.140. The number of anilines is 1. The minimum atomic E-state index is -3.65. The van der Waals surface area contributed by atoms with E-state index in [1.165, 1.54) is 24.8 Å². The number of carbonyl (C=O) groups excluding carboxylic acids is 1. The monoisotopic (exact) mass is 519 g/mol. The van der Waals surface area contributed by atoms with Crippen molar-refractivity contribution in [3.05, 3.63) is 71.3 Å². The third kappa shape index (κ3) is 8.07. The highest BCUT2D eigenvalue weighted by molar-refractivity contribution is 7.89. The van der Waals surface area contributed by atoms with E-state index in [2.05, 4.69) is 50.9 Å². The maximum Gasteiger partial charge on any atom is 0.305 e. The topological polar surface area (TPSA) is 78.9 Å². The highest BCUT2D eigenvalue weighted by atomic mass is 35.5. The van der Waals surface area contributed by atoms with Crippen LogP contribution in [0.15, 0.2) is 65.6 Å². The first kappa shape index (κ1) is 27.2. The quantitative estimate of drug-likeness (QED) is 0.272. The number of methoxy groups -OCH3 is 1. The van der Waals surface area contributed by atoms with E-state index in [1.807, 2.05) is 14.1 Å². The Morgan fingerprint density at radius 2 is 1.86 bits per heavy atom. The molecule has 1 saturated heterocycles. The summed E-state index contributed by atoms with van der Waals surface area (Å²) in [5.41, 5.74) is 2.30. The van der Waals surface area contributed by atoms with E-state index in [0.717, 1.165) is 12.1 Å². The van der Waals surface area contributed by atoms with Gasteiger partial charge in [-0.15, -0.1) is 0 Å². The van der Waals surface area contributed by atoms with Crippen molar-refractivity contribution >= 4 is 33.3 Å². The predicted octanol–water partition coefficient (Wildman–Crippen LogP) is 4.23. The Balaban J connectivity index is 1.69. The van der Waals surface area contributed by atoms with Crippen molar-refractivity contribution in [1.82, 2.24) is 9.62 Å². The summed E-state index contributed by atoms with van der Waals surface area (Å²) in [6, 6.07) is 14.4. The van der Waals surface area contributed by atoms with Gasteiger partial charge in [0.1, 0.15) is 0 Å². The first-order valence-corrected chi connectivity index (χ1v) is 13.6. The molecule has 0 aliphatic carbocycles. The van der Waals surface area contributed by atoms with Crippen LogP contribution in [0.2, 0.25) is 5.02 Å². The zero-order valence-corrected chi connectivity index (χ0v) is 22.1. The number of benzene rings is 2. The normalized spacial score (nSPS) is 18.7. The van der Waals surface area contributed by atoms with Gasteiger partial charge >= 0.3 is 5.97 Å². The zero-order valence-electron chi connectivity index (χ0n) is 20.5. The van der Waals surface area contributed by atoms with E-state index < -0.39 is 10.0 Å². The van der Waals surface area contributed by atoms with Gasteiger partial charge in [0.15, 0.2) is 0 Å². The minimum Gasteiger partial charge on any atom is -0.469 e. The molecule has 1 N–H and O–H groups in total. The van der Waals surface area contributed by atoms with Crippen molar-refractivity contribution in [3.63, 3.8) is 0 Å². The summed E-state index contributed by atoms with van der Waals surface area (Å²) in [6.07, 6.45) is 6.73. The number of halogens is 1.